The van der Waals surface area contributed by atoms with Gasteiger partial charge in [-0.1, -0.05) is 72.4 Å². The van der Waals surface area contributed by atoms with Gasteiger partial charge >= 0.3 is 21.1 Å². The van der Waals surface area contributed by atoms with E-state index in [1.807, 2.05) is 0 Å². The van der Waals surface area contributed by atoms with Gasteiger partial charge in [0.05, 0.1) is 0 Å². The molecule has 0 aliphatic carbocycles. The van der Waals surface area contributed by atoms with E-state index < -0.39 is 5.41 Å². The number of para-hydroxylation sites is 2. The normalized spacial score (nSPS) is 18.7. The number of rotatable bonds is 4. The maximum Gasteiger partial charge on any atom is 4.00 e. The van der Waals surface area contributed by atoms with Gasteiger partial charge in [-0.05, 0) is 70.4 Å². The van der Waals surface area contributed by atoms with Gasteiger partial charge in [0.25, 0.3) is 0 Å². The Morgan fingerprint density at radius 2 is 1.18 bits per heavy atom. The van der Waals surface area contributed by atoms with Crippen LogP contribution in [0.4, 0.5) is 11.4 Å². The number of nitrogens with zero attached hydrogens (tertiary/aromatic N) is 5. The molecule has 0 spiro atoms. The molecular weight excluding hydrogens is 782 g/mol. The Bertz CT molecular complexity index is 2350. The van der Waals surface area contributed by atoms with Crippen molar-refractivity contribution >= 4 is 33.2 Å². The second-order valence-corrected chi connectivity index (χ2v) is 13.3. The number of benzene rings is 5. The summed E-state index contributed by atoms with van der Waals surface area (Å²) in [5, 5.41) is 2.50. The van der Waals surface area contributed by atoms with Crippen molar-refractivity contribution in [1.82, 2.24) is 14.4 Å². The molecule has 0 bridgehead atoms. The van der Waals surface area contributed by atoms with Crippen LogP contribution in [0.5, 0.6) is 0 Å². The minimum Gasteiger partial charge on any atom is -0.508 e. The van der Waals surface area contributed by atoms with Crippen molar-refractivity contribution in [3.63, 3.8) is 0 Å². The van der Waals surface area contributed by atoms with E-state index in [0.29, 0.717) is 0 Å². The first-order valence-corrected chi connectivity index (χ1v) is 16.6. The smallest absolute Gasteiger partial charge is 0.508 e. The minimum absolute atomic E-state index is 0. The Kier molecular flexibility index (Phi) is 7.35. The topological polar surface area (TPSA) is 17.9 Å². The second-order valence-electron chi connectivity index (χ2n) is 13.3. The average Bonchev–Trinajstić information content (AvgIpc) is 3.70. The molecular formula is C43H37N5Pt. The van der Waals surface area contributed by atoms with E-state index in [1.165, 1.54) is 55.7 Å². The molecule has 0 saturated heterocycles. The molecule has 5 nitrogen and oxygen atoms in total. The Hall–Kier alpha value is -4.73. The Morgan fingerprint density at radius 1 is 0.571 bits per heavy atom. The molecule has 6 aromatic rings. The maximum absolute atomic E-state index is 4.07. The molecule has 3 aliphatic rings. The van der Waals surface area contributed by atoms with Crippen LogP contribution in [0.15, 0.2) is 126 Å². The van der Waals surface area contributed by atoms with Gasteiger partial charge in [0.1, 0.15) is 0 Å². The van der Waals surface area contributed by atoms with Crippen LogP contribution < -0.4 is 9.80 Å². The van der Waals surface area contributed by atoms with Crippen LogP contribution in [0.1, 0.15) is 49.9 Å². The van der Waals surface area contributed by atoms with Crippen LogP contribution in [-0.4, -0.2) is 28.5 Å². The van der Waals surface area contributed by atoms with Crippen molar-refractivity contribution < 1.29 is 21.1 Å². The molecule has 1 unspecified atom stereocenters. The van der Waals surface area contributed by atoms with Gasteiger partial charge in [0.2, 0.25) is 0 Å². The van der Waals surface area contributed by atoms with Crippen LogP contribution in [0.25, 0.3) is 27.5 Å². The third-order valence-corrected chi connectivity index (χ3v) is 10.9. The molecule has 9 rings (SSSR count). The van der Waals surface area contributed by atoms with E-state index in [1.54, 1.807) is 0 Å². The molecule has 6 heteroatoms. The van der Waals surface area contributed by atoms with E-state index in [0.717, 1.165) is 28.2 Å². The number of hydrogen-bond acceptors (Lipinski definition) is 4. The summed E-state index contributed by atoms with van der Waals surface area (Å²) >= 11 is 0. The summed E-state index contributed by atoms with van der Waals surface area (Å²) in [5.41, 5.74) is 14.4. The zero-order chi connectivity index (χ0) is 32.9. The van der Waals surface area contributed by atoms with Gasteiger partial charge in [0.15, 0.2) is 0 Å². The summed E-state index contributed by atoms with van der Waals surface area (Å²) in [6.07, 6.45) is 0. The fourth-order valence-corrected chi connectivity index (χ4v) is 8.07. The Balaban J connectivity index is 0.00000348. The molecule has 1 atom stereocenters. The van der Waals surface area contributed by atoms with Crippen LogP contribution in [0.2, 0.25) is 0 Å². The fraction of sp³-hybridized carbons (Fsp3) is 0.163. The number of allylic oxidation sites excluding steroid dienone is 4. The van der Waals surface area contributed by atoms with Crippen LogP contribution >= 0.6 is 0 Å². The summed E-state index contributed by atoms with van der Waals surface area (Å²) in [5.74, 6) is 0. The number of aromatic nitrogens is 1. The third kappa shape index (κ3) is 4.28. The molecule has 4 heterocycles. The summed E-state index contributed by atoms with van der Waals surface area (Å²) in [7, 11) is 4.21. The summed E-state index contributed by atoms with van der Waals surface area (Å²) in [6.45, 7) is 13.0. The first-order valence-electron chi connectivity index (χ1n) is 16.6. The van der Waals surface area contributed by atoms with Gasteiger partial charge in [-0.25, -0.2) is 0 Å². The molecule has 5 aromatic carbocycles. The largest absolute Gasteiger partial charge is 4.00 e. The molecule has 49 heavy (non-hydrogen) atoms. The Morgan fingerprint density at radius 3 is 1.86 bits per heavy atom. The molecule has 0 saturated carbocycles. The average molecular weight is 819 g/mol. The van der Waals surface area contributed by atoms with Gasteiger partial charge in [-0.2, -0.15) is 43.7 Å². The zero-order valence-corrected chi connectivity index (χ0v) is 30.8. The van der Waals surface area contributed by atoms with E-state index >= 15 is 0 Å². The summed E-state index contributed by atoms with van der Waals surface area (Å²) < 4.78 is 2.47. The van der Waals surface area contributed by atoms with Gasteiger partial charge in [0, 0.05) is 38.6 Å². The van der Waals surface area contributed by atoms with Crippen molar-refractivity contribution in [3.05, 3.63) is 174 Å². The number of fused-ring (bicyclic) bond motifs is 5. The quantitative estimate of drug-likeness (QED) is 0.165. The first-order chi connectivity index (χ1) is 23.3. The fourth-order valence-electron chi connectivity index (χ4n) is 8.07. The van der Waals surface area contributed by atoms with Crippen molar-refractivity contribution in [2.45, 2.75) is 33.1 Å². The number of anilines is 2. The molecule has 0 radical (unpaired) electrons. The van der Waals surface area contributed by atoms with Crippen molar-refractivity contribution in [2.24, 2.45) is 0 Å². The second kappa shape index (κ2) is 11.4. The van der Waals surface area contributed by atoms with Gasteiger partial charge in [-0.3, -0.25) is 0 Å². The minimum atomic E-state index is -0.705. The number of hydrogen-bond donors (Lipinski definition) is 0. The maximum atomic E-state index is 4.07. The molecule has 0 amide bonds. The Labute approximate surface area is 303 Å². The van der Waals surface area contributed by atoms with Crippen molar-refractivity contribution in [2.75, 3.05) is 23.9 Å². The van der Waals surface area contributed by atoms with E-state index in [9.17, 15) is 0 Å². The van der Waals surface area contributed by atoms with E-state index in [-0.39, 0.29) is 21.1 Å². The predicted molar refractivity (Wildman–Crippen MR) is 196 cm³/mol. The van der Waals surface area contributed by atoms with Crippen LogP contribution in [0, 0.1) is 25.5 Å². The standard InChI is InChI=1S/C43H37N5.Pt/c1-28-30(3)46(26-44(28)5)34-17-12-16-33(24-34)43(32-14-8-7-9-15-32)38-20-13-19-37-36-18-10-11-21-40(36)48(42(37)38)41-23-22-35(25-39(41)43)47-27-45(6)29(2)31(47)4;/h7-23,26-27H,1-6H3;/q-4;+4. The molecule has 244 valence electrons. The van der Waals surface area contributed by atoms with E-state index in [2.05, 4.69) is 195 Å². The molecule has 0 fully saturated rings. The summed E-state index contributed by atoms with van der Waals surface area (Å²) in [4.78, 5) is 8.88. The van der Waals surface area contributed by atoms with Gasteiger partial charge in [-0.15, -0.1) is 34.6 Å². The molecule has 3 aliphatic heterocycles. The molecule has 0 N–H and O–H groups in total. The third-order valence-electron chi connectivity index (χ3n) is 10.9. The predicted octanol–water partition coefficient (Wildman–Crippen LogP) is 9.32. The van der Waals surface area contributed by atoms with Crippen LogP contribution in [-0.2, 0) is 26.5 Å². The molecule has 1 aromatic heterocycles. The van der Waals surface area contributed by atoms with Gasteiger partial charge < -0.3 is 24.2 Å². The SMILES string of the molecule is CC1=C(C)N(c2[c-]c(C3(c4ccccc4)c4[c-]c(N5[CH-]N(C)C(C)=C5C)ccc4-n4c5ccccc5c5cccc3c54)ccc2)[CH-]N1C.[Pt+4]. The first kappa shape index (κ1) is 31.5. The zero-order valence-electron chi connectivity index (χ0n) is 28.5. The monoisotopic (exact) mass is 818 g/mol. The van der Waals surface area contributed by atoms with Crippen LogP contribution in [0.3, 0.4) is 0 Å². The van der Waals surface area contributed by atoms with Crippen molar-refractivity contribution in [3.8, 4) is 5.69 Å². The van der Waals surface area contributed by atoms with E-state index in [4.69, 9.17) is 0 Å². The summed E-state index contributed by atoms with van der Waals surface area (Å²) in [6, 6.07) is 45.8. The van der Waals surface area contributed by atoms with Crippen molar-refractivity contribution in [1.29, 1.82) is 0 Å².